The van der Waals surface area contributed by atoms with Crippen molar-refractivity contribution in [3.63, 3.8) is 0 Å². The molecule has 0 spiro atoms. The Kier molecular flexibility index (Phi) is 9.40. The van der Waals surface area contributed by atoms with E-state index in [1.165, 1.54) is 27.6 Å². The van der Waals surface area contributed by atoms with Crippen LogP contribution in [-0.2, 0) is 24.9 Å². The molecule has 4 rings (SSSR count). The molecular formula is C32H42N4OS. The van der Waals surface area contributed by atoms with E-state index in [4.69, 9.17) is 4.98 Å². The molecule has 5 nitrogen and oxygen atoms in total. The maximum atomic E-state index is 13.1. The number of benzene rings is 2. The van der Waals surface area contributed by atoms with Gasteiger partial charge in [-0.3, -0.25) is 9.69 Å². The third-order valence-corrected chi connectivity index (χ3v) is 7.84. The lowest BCUT2D eigenvalue weighted by Gasteiger charge is -2.23. The first-order valence-corrected chi connectivity index (χ1v) is 14.8. The summed E-state index contributed by atoms with van der Waals surface area (Å²) < 4.78 is 0. The second-order valence-corrected chi connectivity index (χ2v) is 12.1. The van der Waals surface area contributed by atoms with Crippen molar-refractivity contribution in [2.45, 2.75) is 72.4 Å². The van der Waals surface area contributed by atoms with Gasteiger partial charge in [-0.05, 0) is 47.4 Å². The summed E-state index contributed by atoms with van der Waals surface area (Å²) in [6, 6.07) is 17.5. The highest BCUT2D eigenvalue weighted by molar-refractivity contribution is 7.09. The van der Waals surface area contributed by atoms with Crippen molar-refractivity contribution in [1.29, 1.82) is 0 Å². The fourth-order valence-electron chi connectivity index (χ4n) is 4.89. The minimum absolute atomic E-state index is 0.0549. The van der Waals surface area contributed by atoms with Gasteiger partial charge >= 0.3 is 0 Å². The fourth-order valence-corrected chi connectivity index (χ4v) is 5.70. The number of rotatable bonds is 12. The summed E-state index contributed by atoms with van der Waals surface area (Å²) in [6.07, 6.45) is 5.00. The van der Waals surface area contributed by atoms with Gasteiger partial charge in [0.05, 0.1) is 6.54 Å². The lowest BCUT2D eigenvalue weighted by molar-refractivity contribution is 0.0750. The molecule has 38 heavy (non-hydrogen) atoms. The molecule has 0 atom stereocenters. The van der Waals surface area contributed by atoms with Crippen molar-refractivity contribution in [2.24, 2.45) is 0 Å². The van der Waals surface area contributed by atoms with Gasteiger partial charge in [-0.25, -0.2) is 4.98 Å². The zero-order valence-corrected chi connectivity index (χ0v) is 24.4. The molecule has 2 heterocycles. The van der Waals surface area contributed by atoms with Gasteiger partial charge in [0, 0.05) is 48.7 Å². The Morgan fingerprint density at radius 1 is 0.947 bits per heavy atom. The number of fused-ring (bicyclic) bond motifs is 1. The maximum absolute atomic E-state index is 13.1. The van der Waals surface area contributed by atoms with Crippen LogP contribution in [0, 0.1) is 0 Å². The van der Waals surface area contributed by atoms with Crippen LogP contribution in [0.2, 0.25) is 0 Å². The summed E-state index contributed by atoms with van der Waals surface area (Å²) in [7, 11) is 0. The Bertz CT molecular complexity index is 1310. The van der Waals surface area contributed by atoms with Gasteiger partial charge in [0.25, 0.3) is 5.91 Å². The maximum Gasteiger partial charge on any atom is 0.273 e. The van der Waals surface area contributed by atoms with Crippen molar-refractivity contribution in [3.05, 3.63) is 87.5 Å². The minimum atomic E-state index is 0.0549. The number of hydrogen-bond donors (Lipinski definition) is 1. The Labute approximate surface area is 231 Å². The second kappa shape index (κ2) is 12.7. The first-order valence-electron chi connectivity index (χ1n) is 13.9. The van der Waals surface area contributed by atoms with Crippen molar-refractivity contribution in [3.8, 4) is 0 Å². The zero-order valence-electron chi connectivity index (χ0n) is 23.6. The van der Waals surface area contributed by atoms with Crippen LogP contribution in [0.15, 0.2) is 60.1 Å². The average Bonchev–Trinajstić information content (AvgIpc) is 3.54. The SMILES string of the molecule is CCCN(CCC)C(=O)c1csc(CN(CCc2c[nH]c3ccccc23)Cc2ccc(C(C)(C)C)cc2)n1. The number of amides is 1. The lowest BCUT2D eigenvalue weighted by atomic mass is 9.87. The van der Waals surface area contributed by atoms with Crippen LogP contribution in [0.5, 0.6) is 0 Å². The fraction of sp³-hybridized carbons (Fsp3) is 0.438. The predicted octanol–water partition coefficient (Wildman–Crippen LogP) is 7.43. The predicted molar refractivity (Wildman–Crippen MR) is 160 cm³/mol. The second-order valence-electron chi connectivity index (χ2n) is 11.2. The van der Waals surface area contributed by atoms with Crippen molar-refractivity contribution >= 4 is 28.1 Å². The molecule has 202 valence electrons. The number of para-hydroxylation sites is 1. The highest BCUT2D eigenvalue weighted by atomic mass is 32.1. The van der Waals surface area contributed by atoms with E-state index in [-0.39, 0.29) is 11.3 Å². The van der Waals surface area contributed by atoms with E-state index < -0.39 is 0 Å². The standard InChI is InChI=1S/C32H42N4OS/c1-6-17-36(18-7-2)31(37)29-23-38-30(34-29)22-35(21-24-12-14-26(15-13-24)32(3,4)5)19-16-25-20-33-28-11-9-8-10-27(25)28/h8-15,20,23,33H,6-7,16-19,21-22H2,1-5H3. The minimum Gasteiger partial charge on any atom is -0.361 e. The van der Waals surface area contributed by atoms with E-state index in [0.717, 1.165) is 57.0 Å². The third-order valence-electron chi connectivity index (χ3n) is 7.00. The number of hydrogen-bond acceptors (Lipinski definition) is 4. The molecule has 0 unspecified atom stereocenters. The lowest BCUT2D eigenvalue weighted by Crippen LogP contribution is -2.32. The molecule has 0 bridgehead atoms. The van der Waals surface area contributed by atoms with Gasteiger partial charge in [-0.1, -0.05) is 77.1 Å². The molecule has 0 fully saturated rings. The molecule has 0 aliphatic heterocycles. The number of thiazole rings is 1. The molecular weight excluding hydrogens is 488 g/mol. The van der Waals surface area contributed by atoms with E-state index in [0.29, 0.717) is 5.69 Å². The molecule has 2 aromatic heterocycles. The van der Waals surface area contributed by atoms with Gasteiger partial charge in [-0.15, -0.1) is 11.3 Å². The molecule has 0 aliphatic rings. The van der Waals surface area contributed by atoms with Crippen molar-refractivity contribution in [2.75, 3.05) is 19.6 Å². The summed E-state index contributed by atoms with van der Waals surface area (Å²) >= 11 is 1.60. The monoisotopic (exact) mass is 530 g/mol. The Hall–Kier alpha value is -2.96. The van der Waals surface area contributed by atoms with Gasteiger partial charge in [0.2, 0.25) is 0 Å². The van der Waals surface area contributed by atoms with Crippen LogP contribution >= 0.6 is 11.3 Å². The number of aromatic nitrogens is 2. The summed E-state index contributed by atoms with van der Waals surface area (Å²) in [6.45, 7) is 15.0. The number of aromatic amines is 1. The van der Waals surface area contributed by atoms with Gasteiger partial charge in [0.15, 0.2) is 0 Å². The van der Waals surface area contributed by atoms with Crippen molar-refractivity contribution < 1.29 is 4.79 Å². The number of nitrogens with one attached hydrogen (secondary N) is 1. The summed E-state index contributed by atoms with van der Waals surface area (Å²) in [4.78, 5) is 25.7. The van der Waals surface area contributed by atoms with Crippen LogP contribution in [-0.4, -0.2) is 45.3 Å². The first kappa shape index (κ1) is 28.1. The Morgan fingerprint density at radius 3 is 2.34 bits per heavy atom. The van der Waals surface area contributed by atoms with Gasteiger partial charge < -0.3 is 9.88 Å². The third kappa shape index (κ3) is 7.12. The summed E-state index contributed by atoms with van der Waals surface area (Å²) in [5.74, 6) is 0.0549. The molecule has 2 aromatic carbocycles. The first-order chi connectivity index (χ1) is 18.3. The van der Waals surface area contributed by atoms with Crippen LogP contribution < -0.4 is 0 Å². The smallest absolute Gasteiger partial charge is 0.273 e. The normalized spacial score (nSPS) is 11.9. The number of carbonyl (C=O) groups is 1. The van der Waals surface area contributed by atoms with Crippen molar-refractivity contribution in [1.82, 2.24) is 19.8 Å². The molecule has 0 radical (unpaired) electrons. The average molecular weight is 531 g/mol. The topological polar surface area (TPSA) is 52.2 Å². The highest BCUT2D eigenvalue weighted by Gasteiger charge is 2.19. The number of H-pyrrole nitrogens is 1. The van der Waals surface area contributed by atoms with E-state index in [1.54, 1.807) is 11.3 Å². The molecule has 4 aromatic rings. The van der Waals surface area contributed by atoms with E-state index in [1.807, 2.05) is 10.3 Å². The van der Waals surface area contributed by atoms with Crippen LogP contribution in [0.4, 0.5) is 0 Å². The van der Waals surface area contributed by atoms with E-state index >= 15 is 0 Å². The quantitative estimate of drug-likeness (QED) is 0.207. The van der Waals surface area contributed by atoms with E-state index in [2.05, 4.69) is 99.2 Å². The molecule has 0 aliphatic carbocycles. The number of nitrogens with zero attached hydrogens (tertiary/aromatic N) is 3. The molecule has 1 amide bonds. The number of carbonyl (C=O) groups excluding carboxylic acids is 1. The van der Waals surface area contributed by atoms with Crippen LogP contribution in [0.25, 0.3) is 10.9 Å². The molecule has 6 heteroatoms. The van der Waals surface area contributed by atoms with E-state index in [9.17, 15) is 4.79 Å². The Balaban J connectivity index is 1.51. The Morgan fingerprint density at radius 2 is 1.66 bits per heavy atom. The molecule has 0 saturated carbocycles. The van der Waals surface area contributed by atoms with Gasteiger partial charge in [0.1, 0.15) is 10.7 Å². The molecule has 1 N–H and O–H groups in total. The van der Waals surface area contributed by atoms with Crippen LogP contribution in [0.1, 0.15) is 79.6 Å². The summed E-state index contributed by atoms with van der Waals surface area (Å²) in [5.41, 5.74) is 5.87. The largest absolute Gasteiger partial charge is 0.361 e. The summed E-state index contributed by atoms with van der Waals surface area (Å²) in [5, 5.41) is 4.22. The zero-order chi connectivity index (χ0) is 27.1. The highest BCUT2D eigenvalue weighted by Crippen LogP contribution is 2.24. The van der Waals surface area contributed by atoms with Gasteiger partial charge in [-0.2, -0.15) is 0 Å². The molecule has 0 saturated heterocycles. The van der Waals surface area contributed by atoms with Crippen LogP contribution in [0.3, 0.4) is 0 Å².